The Kier molecular flexibility index (Phi) is 3.26. The fraction of sp³-hybridized carbons (Fsp3) is 0.455. The first-order valence-electron chi connectivity index (χ1n) is 5.24. The summed E-state index contributed by atoms with van der Waals surface area (Å²) in [7, 11) is 0. The first-order valence-corrected chi connectivity index (χ1v) is 5.62. The fourth-order valence-corrected chi connectivity index (χ4v) is 2.24. The van der Waals surface area contributed by atoms with Gasteiger partial charge in [0, 0.05) is 17.0 Å². The minimum Gasteiger partial charge on any atom is -0.314 e. The maximum absolute atomic E-state index is 6.01. The molecule has 1 aromatic rings. The van der Waals surface area contributed by atoms with Crippen molar-refractivity contribution in [1.29, 1.82) is 0 Å². The van der Waals surface area contributed by atoms with E-state index in [1.165, 1.54) is 5.56 Å². The lowest BCUT2D eigenvalue weighted by molar-refractivity contribution is 0.511. The van der Waals surface area contributed by atoms with E-state index in [-0.39, 0.29) is 6.17 Å². The van der Waals surface area contributed by atoms with Gasteiger partial charge in [0.05, 0.1) is 6.17 Å². The van der Waals surface area contributed by atoms with E-state index < -0.39 is 0 Å². The van der Waals surface area contributed by atoms with Crippen LogP contribution in [0.5, 0.6) is 0 Å². The lowest BCUT2D eigenvalue weighted by Crippen LogP contribution is -2.38. The smallest absolute Gasteiger partial charge is 0.0764 e. The minimum atomic E-state index is -0.0314. The molecule has 3 unspecified atom stereocenters. The van der Waals surface area contributed by atoms with E-state index in [1.54, 1.807) is 0 Å². The second kappa shape index (κ2) is 4.49. The summed E-state index contributed by atoms with van der Waals surface area (Å²) in [6.07, 6.45) is 1.02. The van der Waals surface area contributed by atoms with Crippen molar-refractivity contribution in [2.24, 2.45) is 5.73 Å². The maximum Gasteiger partial charge on any atom is 0.0764 e. The summed E-state index contributed by atoms with van der Waals surface area (Å²) in [5, 5.41) is 0.763. The van der Waals surface area contributed by atoms with Gasteiger partial charge >= 0.3 is 0 Å². The van der Waals surface area contributed by atoms with E-state index in [4.69, 9.17) is 17.3 Å². The molecule has 0 amide bonds. The van der Waals surface area contributed by atoms with Crippen molar-refractivity contribution in [3.8, 4) is 0 Å². The van der Waals surface area contributed by atoms with Crippen LogP contribution in [-0.2, 0) is 0 Å². The van der Waals surface area contributed by atoms with Crippen LogP contribution in [0, 0.1) is 0 Å². The predicted molar refractivity (Wildman–Crippen MR) is 62.5 cm³/mol. The number of hydrogen-bond donors (Lipinski definition) is 3. The van der Waals surface area contributed by atoms with Crippen molar-refractivity contribution in [2.45, 2.75) is 31.5 Å². The van der Waals surface area contributed by atoms with Gasteiger partial charge in [-0.1, -0.05) is 30.7 Å². The summed E-state index contributed by atoms with van der Waals surface area (Å²) in [6, 6.07) is 8.30. The number of nitrogens with one attached hydrogen (secondary N) is 2. The van der Waals surface area contributed by atoms with E-state index >= 15 is 0 Å². The van der Waals surface area contributed by atoms with E-state index in [0.717, 1.165) is 11.4 Å². The SMILES string of the molecule is CCC1NNC(N)C1c1ccc(Cl)cc1. The summed E-state index contributed by atoms with van der Waals surface area (Å²) >= 11 is 5.86. The zero-order valence-electron chi connectivity index (χ0n) is 8.70. The number of hydrazine groups is 1. The van der Waals surface area contributed by atoms with Crippen LogP contribution in [0.4, 0.5) is 0 Å². The van der Waals surface area contributed by atoms with Crippen LogP contribution in [0.1, 0.15) is 24.8 Å². The number of nitrogens with two attached hydrogens (primary N) is 1. The molecule has 1 saturated heterocycles. The Morgan fingerprint density at radius 1 is 1.27 bits per heavy atom. The molecule has 1 aromatic carbocycles. The van der Waals surface area contributed by atoms with E-state index in [1.807, 2.05) is 24.3 Å². The van der Waals surface area contributed by atoms with E-state index in [2.05, 4.69) is 17.8 Å². The molecule has 0 saturated carbocycles. The summed E-state index contributed by atoms with van der Waals surface area (Å²) in [4.78, 5) is 0. The normalized spacial score (nSPS) is 30.7. The average molecular weight is 226 g/mol. The van der Waals surface area contributed by atoms with Crippen molar-refractivity contribution in [1.82, 2.24) is 10.9 Å². The van der Waals surface area contributed by atoms with Gasteiger partial charge in [0.2, 0.25) is 0 Å². The lowest BCUT2D eigenvalue weighted by Gasteiger charge is -2.20. The zero-order chi connectivity index (χ0) is 10.8. The summed E-state index contributed by atoms with van der Waals surface area (Å²) in [6.45, 7) is 2.15. The number of rotatable bonds is 2. The molecule has 0 spiro atoms. The van der Waals surface area contributed by atoms with Crippen LogP contribution in [0.15, 0.2) is 24.3 Å². The maximum atomic E-state index is 6.01. The first-order chi connectivity index (χ1) is 7.22. The zero-order valence-corrected chi connectivity index (χ0v) is 9.46. The molecule has 1 aliphatic heterocycles. The Hall–Kier alpha value is -0.610. The van der Waals surface area contributed by atoms with Gasteiger partial charge in [0.15, 0.2) is 0 Å². The molecule has 2 rings (SSSR count). The topological polar surface area (TPSA) is 50.1 Å². The largest absolute Gasteiger partial charge is 0.314 e. The number of hydrogen-bond acceptors (Lipinski definition) is 3. The Bertz CT molecular complexity index is 325. The van der Waals surface area contributed by atoms with Crippen molar-refractivity contribution < 1.29 is 0 Å². The molecule has 0 aromatic heterocycles. The molecule has 4 N–H and O–H groups in total. The third-order valence-electron chi connectivity index (χ3n) is 2.95. The molecule has 1 fully saturated rings. The summed E-state index contributed by atoms with van der Waals surface area (Å²) < 4.78 is 0. The van der Waals surface area contributed by atoms with Gasteiger partial charge in [-0.15, -0.1) is 0 Å². The molecule has 3 nitrogen and oxygen atoms in total. The van der Waals surface area contributed by atoms with Crippen LogP contribution in [-0.4, -0.2) is 12.2 Å². The highest BCUT2D eigenvalue weighted by Crippen LogP contribution is 2.27. The van der Waals surface area contributed by atoms with Gasteiger partial charge in [0.1, 0.15) is 0 Å². The summed E-state index contributed by atoms with van der Waals surface area (Å²) in [5.41, 5.74) is 13.5. The molecule has 0 radical (unpaired) electrons. The Balaban J connectivity index is 2.24. The molecular weight excluding hydrogens is 210 g/mol. The average Bonchev–Trinajstić information content (AvgIpc) is 2.61. The third-order valence-corrected chi connectivity index (χ3v) is 3.20. The molecule has 1 aliphatic rings. The highest BCUT2D eigenvalue weighted by atomic mass is 35.5. The molecule has 15 heavy (non-hydrogen) atoms. The molecular formula is C11H16ClN3. The summed E-state index contributed by atoms with van der Waals surface area (Å²) in [5.74, 6) is 0.312. The molecule has 82 valence electrons. The Labute approximate surface area is 95.0 Å². The second-order valence-corrected chi connectivity index (χ2v) is 4.34. The van der Waals surface area contributed by atoms with Crippen molar-refractivity contribution in [3.63, 3.8) is 0 Å². The van der Waals surface area contributed by atoms with Gasteiger partial charge < -0.3 is 5.73 Å². The van der Waals surface area contributed by atoms with Crippen LogP contribution < -0.4 is 16.6 Å². The monoisotopic (exact) mass is 225 g/mol. The Morgan fingerprint density at radius 2 is 1.93 bits per heavy atom. The van der Waals surface area contributed by atoms with Crippen LogP contribution in [0.3, 0.4) is 0 Å². The standard InChI is InChI=1S/C11H16ClN3/c1-2-9-10(11(13)15-14-9)7-3-5-8(12)6-4-7/h3-6,9-11,14-15H,2,13H2,1H3. The molecule has 3 atom stereocenters. The predicted octanol–water partition coefficient (Wildman–Crippen LogP) is 1.59. The molecule has 0 aliphatic carbocycles. The van der Waals surface area contributed by atoms with Gasteiger partial charge in [-0.25, -0.2) is 5.43 Å². The lowest BCUT2D eigenvalue weighted by atomic mass is 9.89. The van der Waals surface area contributed by atoms with Crippen molar-refractivity contribution in [2.75, 3.05) is 0 Å². The highest BCUT2D eigenvalue weighted by molar-refractivity contribution is 6.30. The second-order valence-electron chi connectivity index (χ2n) is 3.91. The minimum absolute atomic E-state index is 0.0314. The van der Waals surface area contributed by atoms with E-state index in [9.17, 15) is 0 Å². The number of halogens is 1. The highest BCUT2D eigenvalue weighted by Gasteiger charge is 2.33. The van der Waals surface area contributed by atoms with Gasteiger partial charge in [0.25, 0.3) is 0 Å². The van der Waals surface area contributed by atoms with Gasteiger partial charge in [-0.05, 0) is 24.1 Å². The molecule has 1 heterocycles. The van der Waals surface area contributed by atoms with Gasteiger partial charge in [-0.3, -0.25) is 5.43 Å². The van der Waals surface area contributed by atoms with Crippen LogP contribution in [0.25, 0.3) is 0 Å². The Morgan fingerprint density at radius 3 is 2.53 bits per heavy atom. The van der Waals surface area contributed by atoms with Crippen molar-refractivity contribution in [3.05, 3.63) is 34.9 Å². The number of benzene rings is 1. The van der Waals surface area contributed by atoms with Gasteiger partial charge in [-0.2, -0.15) is 0 Å². The van der Waals surface area contributed by atoms with Crippen molar-refractivity contribution >= 4 is 11.6 Å². The third kappa shape index (κ3) is 2.16. The molecule has 4 heteroatoms. The van der Waals surface area contributed by atoms with Crippen LogP contribution >= 0.6 is 11.6 Å². The van der Waals surface area contributed by atoms with Crippen LogP contribution in [0.2, 0.25) is 5.02 Å². The van der Waals surface area contributed by atoms with E-state index in [0.29, 0.717) is 12.0 Å². The first kappa shape index (κ1) is 10.9. The molecule has 0 bridgehead atoms. The fourth-order valence-electron chi connectivity index (χ4n) is 2.11. The quantitative estimate of drug-likeness (QED) is 0.717.